The first kappa shape index (κ1) is 16.3. The van der Waals surface area contributed by atoms with Crippen molar-refractivity contribution in [1.82, 2.24) is 4.90 Å². The molecule has 2 aliphatic rings. The van der Waals surface area contributed by atoms with E-state index in [1.165, 1.54) is 36.9 Å². The molecule has 1 amide bonds. The summed E-state index contributed by atoms with van der Waals surface area (Å²) in [6.07, 6.45) is 6.19. The second kappa shape index (κ2) is 6.64. The van der Waals surface area contributed by atoms with Crippen LogP contribution in [-0.2, 0) is 12.8 Å². The second-order valence-electron chi connectivity index (χ2n) is 7.52. The molecule has 2 aromatic rings. The molecule has 2 aromatic carbocycles. The zero-order valence-electron chi connectivity index (χ0n) is 14.9. The van der Waals surface area contributed by atoms with Crippen molar-refractivity contribution in [1.29, 1.82) is 0 Å². The van der Waals surface area contributed by atoms with Gasteiger partial charge in [-0.1, -0.05) is 36.4 Å². The summed E-state index contributed by atoms with van der Waals surface area (Å²) in [5.41, 5.74) is 11.1. The van der Waals surface area contributed by atoms with Crippen molar-refractivity contribution in [2.45, 2.75) is 51.1 Å². The SMILES string of the molecule is CC1CCCN1C1CCc2cc(-c3ccccc3C(N)=O)ccc2C1. The summed E-state index contributed by atoms with van der Waals surface area (Å²) < 4.78 is 0. The molecule has 0 radical (unpaired) electrons. The first-order chi connectivity index (χ1) is 12.1. The molecule has 1 saturated heterocycles. The molecular weight excluding hydrogens is 308 g/mol. The van der Waals surface area contributed by atoms with Crippen LogP contribution in [0.5, 0.6) is 0 Å². The van der Waals surface area contributed by atoms with E-state index in [4.69, 9.17) is 5.73 Å². The molecule has 1 aliphatic carbocycles. The fourth-order valence-corrected chi connectivity index (χ4v) is 4.63. The van der Waals surface area contributed by atoms with Gasteiger partial charge in [0.25, 0.3) is 0 Å². The summed E-state index contributed by atoms with van der Waals surface area (Å²) >= 11 is 0. The fourth-order valence-electron chi connectivity index (χ4n) is 4.63. The Morgan fingerprint density at radius 3 is 2.72 bits per heavy atom. The molecular formula is C22H26N2O. The van der Waals surface area contributed by atoms with Crippen molar-refractivity contribution in [3.05, 3.63) is 59.2 Å². The van der Waals surface area contributed by atoms with Gasteiger partial charge in [-0.2, -0.15) is 0 Å². The third kappa shape index (κ3) is 3.09. The van der Waals surface area contributed by atoms with Gasteiger partial charge in [-0.3, -0.25) is 9.69 Å². The number of primary amides is 1. The molecule has 25 heavy (non-hydrogen) atoms. The van der Waals surface area contributed by atoms with Crippen LogP contribution in [0.2, 0.25) is 0 Å². The molecule has 2 unspecified atom stereocenters. The predicted molar refractivity (Wildman–Crippen MR) is 102 cm³/mol. The molecule has 2 N–H and O–H groups in total. The van der Waals surface area contributed by atoms with Crippen molar-refractivity contribution >= 4 is 5.91 Å². The van der Waals surface area contributed by atoms with Crippen LogP contribution < -0.4 is 5.73 Å². The third-order valence-electron chi connectivity index (χ3n) is 5.99. The van der Waals surface area contributed by atoms with Crippen LogP contribution in [0.3, 0.4) is 0 Å². The van der Waals surface area contributed by atoms with Gasteiger partial charge in [0.2, 0.25) is 5.91 Å². The lowest BCUT2D eigenvalue weighted by atomic mass is 9.85. The lowest BCUT2D eigenvalue weighted by Gasteiger charge is -2.35. The van der Waals surface area contributed by atoms with Gasteiger partial charge in [-0.05, 0) is 73.9 Å². The smallest absolute Gasteiger partial charge is 0.249 e. The molecule has 3 heteroatoms. The van der Waals surface area contributed by atoms with Crippen LogP contribution in [0.25, 0.3) is 11.1 Å². The summed E-state index contributed by atoms with van der Waals surface area (Å²) in [7, 11) is 0. The monoisotopic (exact) mass is 334 g/mol. The van der Waals surface area contributed by atoms with Crippen molar-refractivity contribution in [3.8, 4) is 11.1 Å². The van der Waals surface area contributed by atoms with Gasteiger partial charge >= 0.3 is 0 Å². The number of hydrogen-bond donors (Lipinski definition) is 1. The predicted octanol–water partition coefficient (Wildman–Crippen LogP) is 3.79. The lowest BCUT2D eigenvalue weighted by Crippen LogP contribution is -2.41. The molecule has 1 heterocycles. The summed E-state index contributed by atoms with van der Waals surface area (Å²) in [5, 5.41) is 0. The van der Waals surface area contributed by atoms with Gasteiger partial charge in [-0.15, -0.1) is 0 Å². The van der Waals surface area contributed by atoms with E-state index >= 15 is 0 Å². The number of nitrogens with zero attached hydrogens (tertiary/aromatic N) is 1. The first-order valence-corrected chi connectivity index (χ1v) is 9.40. The fraction of sp³-hybridized carbons (Fsp3) is 0.409. The Morgan fingerprint density at radius 1 is 1.12 bits per heavy atom. The van der Waals surface area contributed by atoms with Gasteiger partial charge in [-0.25, -0.2) is 0 Å². The average molecular weight is 334 g/mol. The Labute approximate surface area is 149 Å². The number of carbonyl (C=O) groups is 1. The van der Waals surface area contributed by atoms with Crippen molar-refractivity contribution in [2.24, 2.45) is 5.73 Å². The van der Waals surface area contributed by atoms with Gasteiger partial charge in [0.1, 0.15) is 0 Å². The molecule has 0 bridgehead atoms. The topological polar surface area (TPSA) is 46.3 Å². The highest BCUT2D eigenvalue weighted by Crippen LogP contribution is 2.32. The Kier molecular flexibility index (Phi) is 4.34. The van der Waals surface area contributed by atoms with Crippen molar-refractivity contribution in [3.63, 3.8) is 0 Å². The minimum Gasteiger partial charge on any atom is -0.366 e. The Morgan fingerprint density at radius 2 is 1.96 bits per heavy atom. The largest absolute Gasteiger partial charge is 0.366 e. The highest BCUT2D eigenvalue weighted by molar-refractivity contribution is 5.99. The van der Waals surface area contributed by atoms with E-state index in [0.717, 1.165) is 30.0 Å². The van der Waals surface area contributed by atoms with Gasteiger partial charge in [0.15, 0.2) is 0 Å². The number of aryl methyl sites for hydroxylation is 1. The van der Waals surface area contributed by atoms with Gasteiger partial charge in [0, 0.05) is 17.6 Å². The highest BCUT2D eigenvalue weighted by Gasteiger charge is 2.30. The Hall–Kier alpha value is -2.13. The quantitative estimate of drug-likeness (QED) is 0.928. The van der Waals surface area contributed by atoms with E-state index < -0.39 is 0 Å². The molecule has 1 fully saturated rings. The van der Waals surface area contributed by atoms with Crippen LogP contribution in [-0.4, -0.2) is 29.4 Å². The summed E-state index contributed by atoms with van der Waals surface area (Å²) in [6.45, 7) is 3.62. The summed E-state index contributed by atoms with van der Waals surface area (Å²) in [5.74, 6) is -0.364. The third-order valence-corrected chi connectivity index (χ3v) is 5.99. The molecule has 3 nitrogen and oxygen atoms in total. The van der Waals surface area contributed by atoms with Crippen LogP contribution >= 0.6 is 0 Å². The van der Waals surface area contributed by atoms with Crippen LogP contribution in [0.1, 0.15) is 47.7 Å². The van der Waals surface area contributed by atoms with E-state index in [9.17, 15) is 4.79 Å². The number of hydrogen-bond acceptors (Lipinski definition) is 2. The Balaban J connectivity index is 1.61. The maximum Gasteiger partial charge on any atom is 0.249 e. The van der Waals surface area contributed by atoms with Crippen molar-refractivity contribution < 1.29 is 4.79 Å². The van der Waals surface area contributed by atoms with E-state index in [-0.39, 0.29) is 5.91 Å². The zero-order chi connectivity index (χ0) is 17.4. The van der Waals surface area contributed by atoms with E-state index in [1.807, 2.05) is 24.3 Å². The number of carbonyl (C=O) groups excluding carboxylic acids is 1. The minimum atomic E-state index is -0.364. The molecule has 130 valence electrons. The molecule has 2 atom stereocenters. The maximum absolute atomic E-state index is 11.7. The number of rotatable bonds is 3. The normalized spacial score (nSPS) is 23.4. The molecule has 0 spiro atoms. The van der Waals surface area contributed by atoms with Crippen LogP contribution in [0.15, 0.2) is 42.5 Å². The molecule has 0 saturated carbocycles. The minimum absolute atomic E-state index is 0.364. The standard InChI is InChI=1S/C22H26N2O/c1-15-5-4-12-24(15)19-11-10-16-13-18(9-8-17(16)14-19)20-6-2-3-7-21(20)22(23)25/h2-3,6-9,13,15,19H,4-5,10-12,14H2,1H3,(H2,23,25). The second-order valence-corrected chi connectivity index (χ2v) is 7.52. The maximum atomic E-state index is 11.7. The molecule has 0 aromatic heterocycles. The van der Waals surface area contributed by atoms with Crippen LogP contribution in [0.4, 0.5) is 0 Å². The number of nitrogens with two attached hydrogens (primary N) is 1. The van der Waals surface area contributed by atoms with E-state index in [1.54, 1.807) is 0 Å². The highest BCUT2D eigenvalue weighted by atomic mass is 16.1. The number of fused-ring (bicyclic) bond motifs is 1. The van der Waals surface area contributed by atoms with Gasteiger partial charge < -0.3 is 5.73 Å². The summed E-state index contributed by atoms with van der Waals surface area (Å²) in [4.78, 5) is 14.4. The van der Waals surface area contributed by atoms with Gasteiger partial charge in [0.05, 0.1) is 0 Å². The average Bonchev–Trinajstić information content (AvgIpc) is 3.07. The zero-order valence-corrected chi connectivity index (χ0v) is 14.9. The van der Waals surface area contributed by atoms with Crippen molar-refractivity contribution in [2.75, 3.05) is 6.54 Å². The molecule has 1 aliphatic heterocycles. The van der Waals surface area contributed by atoms with E-state index in [0.29, 0.717) is 11.6 Å². The molecule has 4 rings (SSSR count). The van der Waals surface area contributed by atoms with Crippen LogP contribution in [0, 0.1) is 0 Å². The lowest BCUT2D eigenvalue weighted by molar-refractivity contribution is 0.100. The summed E-state index contributed by atoms with van der Waals surface area (Å²) in [6, 6.07) is 15.7. The number of benzene rings is 2. The Bertz CT molecular complexity index is 798. The number of likely N-dealkylation sites (tertiary alicyclic amines) is 1. The first-order valence-electron chi connectivity index (χ1n) is 9.40. The van der Waals surface area contributed by atoms with E-state index in [2.05, 4.69) is 30.0 Å². The number of amides is 1.